The molecule has 0 amide bonds. The smallest absolute Gasteiger partial charge is 0.462 e. The number of esters is 2. The molecule has 0 aliphatic carbocycles. The minimum atomic E-state index is -4.77. The van der Waals surface area contributed by atoms with Gasteiger partial charge in [0.1, 0.15) is 6.61 Å². The van der Waals surface area contributed by atoms with Crippen LogP contribution in [-0.2, 0) is 28.2 Å². The fraction of sp³-hybridized carbons (Fsp3) is 0.538. The largest absolute Gasteiger partial charge is 0.469 e. The van der Waals surface area contributed by atoms with E-state index in [2.05, 4.69) is 48.8 Å². The number of phosphoric acid groups is 1. The first kappa shape index (κ1) is 45.0. The van der Waals surface area contributed by atoms with Crippen LogP contribution in [0.2, 0.25) is 0 Å². The summed E-state index contributed by atoms with van der Waals surface area (Å²) >= 11 is 0. The number of carbonyl (C=O) groups is 2. The summed E-state index contributed by atoms with van der Waals surface area (Å²) in [4.78, 5) is 42.6. The van der Waals surface area contributed by atoms with E-state index in [-0.39, 0.29) is 19.4 Å². The van der Waals surface area contributed by atoms with Crippen molar-refractivity contribution in [1.29, 1.82) is 0 Å². The number of unbranched alkanes of at least 4 members (excludes halogenated alkanes) is 10. The lowest BCUT2D eigenvalue weighted by Gasteiger charge is -2.18. The van der Waals surface area contributed by atoms with E-state index >= 15 is 0 Å². The molecular weight excluding hydrogens is 627 g/mol. The van der Waals surface area contributed by atoms with Crippen LogP contribution in [0.25, 0.3) is 0 Å². The van der Waals surface area contributed by atoms with Gasteiger partial charge in [-0.2, -0.15) is 0 Å². The minimum absolute atomic E-state index is 0.173. The molecule has 8 nitrogen and oxygen atoms in total. The maximum absolute atomic E-state index is 12.3. The van der Waals surface area contributed by atoms with Crippen molar-refractivity contribution >= 4 is 19.8 Å². The molecule has 0 bridgehead atoms. The molecule has 0 heterocycles. The normalized spacial score (nSPS) is 13.7. The highest BCUT2D eigenvalue weighted by atomic mass is 31.2. The van der Waals surface area contributed by atoms with Crippen molar-refractivity contribution in [2.45, 2.75) is 123 Å². The van der Waals surface area contributed by atoms with Crippen molar-refractivity contribution in [1.82, 2.24) is 0 Å². The molecule has 0 aromatic carbocycles. The lowest BCUT2D eigenvalue weighted by Crippen LogP contribution is -2.29. The number of phosphoric ester groups is 1. The van der Waals surface area contributed by atoms with Crippen LogP contribution < -0.4 is 0 Å². The summed E-state index contributed by atoms with van der Waals surface area (Å²) in [6.45, 7) is 3.33. The first-order chi connectivity index (χ1) is 23.3. The van der Waals surface area contributed by atoms with E-state index in [4.69, 9.17) is 19.3 Å². The molecule has 9 heteroatoms. The van der Waals surface area contributed by atoms with Crippen LogP contribution in [0, 0.1) is 0 Å². The Labute approximate surface area is 290 Å². The summed E-state index contributed by atoms with van der Waals surface area (Å²) in [5.74, 6) is -0.953. The number of allylic oxidation sites excluding steroid dienone is 16. The van der Waals surface area contributed by atoms with Gasteiger partial charge in [-0.1, -0.05) is 150 Å². The second-order valence-corrected chi connectivity index (χ2v) is 12.5. The molecule has 270 valence electrons. The monoisotopic (exact) mass is 688 g/mol. The molecule has 48 heavy (non-hydrogen) atoms. The highest BCUT2D eigenvalue weighted by Gasteiger charge is 2.22. The molecule has 0 saturated heterocycles. The summed E-state index contributed by atoms with van der Waals surface area (Å²) in [6.07, 6.45) is 45.5. The maximum atomic E-state index is 12.3. The average Bonchev–Trinajstić information content (AvgIpc) is 3.05. The zero-order chi connectivity index (χ0) is 35.4. The molecule has 0 rings (SSSR count). The molecule has 0 unspecified atom stereocenters. The van der Waals surface area contributed by atoms with E-state index in [1.807, 2.05) is 66.8 Å². The van der Waals surface area contributed by atoms with Crippen LogP contribution in [-0.4, -0.2) is 41.0 Å². The second kappa shape index (κ2) is 33.9. The number of hydrogen-bond acceptors (Lipinski definition) is 6. The molecule has 0 aromatic rings. The Kier molecular flexibility index (Phi) is 31.7. The van der Waals surface area contributed by atoms with Crippen molar-refractivity contribution in [3.8, 4) is 0 Å². The van der Waals surface area contributed by atoms with Gasteiger partial charge in [-0.05, 0) is 51.4 Å². The third-order valence-corrected chi connectivity index (χ3v) is 7.27. The molecule has 1 atom stereocenters. The first-order valence-corrected chi connectivity index (χ1v) is 19.2. The standard InChI is InChI=1S/C39H61O8P/c1-3-5-7-9-11-13-15-17-19-21-23-25-27-29-31-33-38(40)45-35-37(36-46-48(42,43)44)47-39(41)34-32-30-28-26-24-22-20-18-16-14-12-10-8-6-4-2/h5-20,37H,3-4,21-36H2,1-2H3,(H2,42,43,44)/b7-5+,8-6+,11-9+,12-10+,15-13+,16-14+,19-17+,20-18+/t37-/m1/s1. The van der Waals surface area contributed by atoms with Gasteiger partial charge in [0.25, 0.3) is 0 Å². The minimum Gasteiger partial charge on any atom is -0.462 e. The van der Waals surface area contributed by atoms with Gasteiger partial charge < -0.3 is 19.3 Å². The van der Waals surface area contributed by atoms with Crippen molar-refractivity contribution < 1.29 is 37.9 Å². The van der Waals surface area contributed by atoms with E-state index in [1.54, 1.807) is 0 Å². The predicted octanol–water partition coefficient (Wildman–Crippen LogP) is 10.3. The molecule has 0 saturated carbocycles. The fourth-order valence-electron chi connectivity index (χ4n) is 4.22. The molecule has 0 aromatic heterocycles. The zero-order valence-electron chi connectivity index (χ0n) is 29.3. The summed E-state index contributed by atoms with van der Waals surface area (Å²) in [5.41, 5.74) is 0. The van der Waals surface area contributed by atoms with Crippen molar-refractivity contribution in [3.05, 3.63) is 97.2 Å². The number of rotatable bonds is 30. The Morgan fingerprint density at radius 1 is 0.542 bits per heavy atom. The third kappa shape index (κ3) is 35.8. The summed E-state index contributed by atoms with van der Waals surface area (Å²) < 4.78 is 26.2. The van der Waals surface area contributed by atoms with Crippen LogP contribution in [0.3, 0.4) is 0 Å². The number of carbonyl (C=O) groups excluding carboxylic acids is 2. The highest BCUT2D eigenvalue weighted by molar-refractivity contribution is 7.46. The van der Waals surface area contributed by atoms with Gasteiger partial charge in [0, 0.05) is 12.8 Å². The third-order valence-electron chi connectivity index (χ3n) is 6.79. The summed E-state index contributed by atoms with van der Waals surface area (Å²) in [6, 6.07) is 0. The van der Waals surface area contributed by atoms with Gasteiger partial charge in [0.2, 0.25) is 0 Å². The van der Waals surface area contributed by atoms with E-state index in [9.17, 15) is 14.2 Å². The Hall–Kier alpha value is -3.03. The van der Waals surface area contributed by atoms with E-state index in [1.165, 1.54) is 0 Å². The number of ether oxygens (including phenoxy) is 2. The fourth-order valence-corrected chi connectivity index (χ4v) is 4.58. The average molecular weight is 689 g/mol. The Morgan fingerprint density at radius 2 is 0.938 bits per heavy atom. The molecule has 0 radical (unpaired) electrons. The van der Waals surface area contributed by atoms with Crippen LogP contribution in [0.5, 0.6) is 0 Å². The quantitative estimate of drug-likeness (QED) is 0.0331. The Balaban J connectivity index is 4.12. The summed E-state index contributed by atoms with van der Waals surface area (Å²) in [5, 5.41) is 0. The van der Waals surface area contributed by atoms with Crippen molar-refractivity contribution in [2.75, 3.05) is 13.2 Å². The van der Waals surface area contributed by atoms with E-state index in [0.29, 0.717) is 12.8 Å². The van der Waals surface area contributed by atoms with Crippen LogP contribution in [0.4, 0.5) is 0 Å². The zero-order valence-corrected chi connectivity index (χ0v) is 30.2. The molecule has 0 aliphatic rings. The van der Waals surface area contributed by atoms with Gasteiger partial charge in [-0.3, -0.25) is 14.1 Å². The van der Waals surface area contributed by atoms with Gasteiger partial charge in [0.05, 0.1) is 6.61 Å². The van der Waals surface area contributed by atoms with Crippen LogP contribution in [0.15, 0.2) is 97.2 Å². The van der Waals surface area contributed by atoms with Gasteiger partial charge in [-0.25, -0.2) is 4.57 Å². The topological polar surface area (TPSA) is 119 Å². The Bertz CT molecular complexity index is 1090. The molecule has 0 aliphatic heterocycles. The highest BCUT2D eigenvalue weighted by Crippen LogP contribution is 2.35. The SMILES string of the molecule is CC/C=C/C=C/C=C/C=C/CCCCCCCC(=O)OC[C@H](COP(=O)(O)O)OC(=O)CCCCCCC/C=C/C=C/C=C/C=C/CC. The Morgan fingerprint density at radius 3 is 1.40 bits per heavy atom. The van der Waals surface area contributed by atoms with Gasteiger partial charge >= 0.3 is 19.8 Å². The van der Waals surface area contributed by atoms with E-state index < -0.39 is 32.5 Å². The molecule has 0 spiro atoms. The molecular formula is C39H61O8P. The number of hydrogen-bond donors (Lipinski definition) is 2. The lowest BCUT2D eigenvalue weighted by atomic mass is 10.1. The van der Waals surface area contributed by atoms with Crippen molar-refractivity contribution in [2.24, 2.45) is 0 Å². The molecule has 0 fully saturated rings. The maximum Gasteiger partial charge on any atom is 0.469 e. The lowest BCUT2D eigenvalue weighted by molar-refractivity contribution is -0.161. The summed E-state index contributed by atoms with van der Waals surface area (Å²) in [7, 11) is -4.77. The predicted molar refractivity (Wildman–Crippen MR) is 197 cm³/mol. The second-order valence-electron chi connectivity index (χ2n) is 11.3. The van der Waals surface area contributed by atoms with E-state index in [0.717, 1.165) is 77.0 Å². The first-order valence-electron chi connectivity index (χ1n) is 17.6. The van der Waals surface area contributed by atoms with Gasteiger partial charge in [-0.15, -0.1) is 0 Å². The van der Waals surface area contributed by atoms with Crippen LogP contribution >= 0.6 is 7.82 Å². The van der Waals surface area contributed by atoms with Crippen LogP contribution in [0.1, 0.15) is 117 Å². The van der Waals surface area contributed by atoms with Crippen molar-refractivity contribution in [3.63, 3.8) is 0 Å². The molecule has 2 N–H and O–H groups in total. The van der Waals surface area contributed by atoms with Gasteiger partial charge in [0.15, 0.2) is 6.10 Å².